The van der Waals surface area contributed by atoms with Crippen LogP contribution < -0.4 is 10.6 Å². The summed E-state index contributed by atoms with van der Waals surface area (Å²) in [6, 6.07) is 9.08. The predicted molar refractivity (Wildman–Crippen MR) is 106 cm³/mol. The van der Waals surface area contributed by atoms with E-state index in [2.05, 4.69) is 26.5 Å². The molecule has 0 unspecified atom stereocenters. The van der Waals surface area contributed by atoms with Gasteiger partial charge in [0.1, 0.15) is 5.82 Å². The summed E-state index contributed by atoms with van der Waals surface area (Å²) >= 11 is 0. The summed E-state index contributed by atoms with van der Waals surface area (Å²) < 4.78 is 15.2. The number of nitrogens with one attached hydrogen (secondary N) is 2. The predicted octanol–water partition coefficient (Wildman–Crippen LogP) is 2.98. The third-order valence-electron chi connectivity index (χ3n) is 5.97. The van der Waals surface area contributed by atoms with Gasteiger partial charge in [-0.1, -0.05) is 18.6 Å². The Labute approximate surface area is 165 Å². The third-order valence-corrected chi connectivity index (χ3v) is 5.97. The molecule has 1 aliphatic heterocycles. The molecular weight excluding hydrogens is 355 g/mol. The average Bonchev–Trinajstić information content (AvgIpc) is 3.22. The normalized spacial score (nSPS) is 21.9. The number of fused-ring (bicyclic) bond motifs is 1. The van der Waals surface area contributed by atoms with Crippen LogP contribution in [0, 0.1) is 11.7 Å². The molecule has 1 aliphatic carbocycles. The first-order chi connectivity index (χ1) is 13.7. The summed E-state index contributed by atoms with van der Waals surface area (Å²) in [6.45, 7) is 2.83. The van der Waals surface area contributed by atoms with E-state index in [4.69, 9.17) is 0 Å². The molecule has 1 aromatic heterocycles. The maximum atomic E-state index is 13.1. The van der Waals surface area contributed by atoms with Crippen molar-refractivity contribution in [2.24, 2.45) is 5.92 Å². The largest absolute Gasteiger partial charge is 0.353 e. The van der Waals surface area contributed by atoms with Crippen molar-refractivity contribution in [3.8, 4) is 0 Å². The molecule has 6 heteroatoms. The van der Waals surface area contributed by atoms with E-state index in [1.807, 2.05) is 12.1 Å². The monoisotopic (exact) mass is 384 g/mol. The van der Waals surface area contributed by atoms with E-state index in [0.29, 0.717) is 18.8 Å². The molecule has 2 heterocycles. The molecule has 1 aromatic carbocycles. The number of amides is 1. The van der Waals surface area contributed by atoms with Crippen LogP contribution >= 0.6 is 0 Å². The number of halogens is 1. The standard InChI is InChI=1S/C22H29FN4O/c23-18-7-5-16(6-8-18)13-17-3-1-4-21(17)25-22(28)10-9-19-14-20-15-24-11-2-12-27(20)26-19/h5-8,14,17,21,24H,1-4,9-13,15H2,(H,25,28)/t17-,21-/m0/s1. The van der Waals surface area contributed by atoms with Crippen molar-refractivity contribution in [2.45, 2.75) is 64.1 Å². The lowest BCUT2D eigenvalue weighted by molar-refractivity contribution is -0.122. The van der Waals surface area contributed by atoms with Crippen molar-refractivity contribution in [3.05, 3.63) is 53.1 Å². The van der Waals surface area contributed by atoms with Gasteiger partial charge in [0.2, 0.25) is 5.91 Å². The second-order valence-corrected chi connectivity index (χ2v) is 8.08. The first kappa shape index (κ1) is 19.1. The van der Waals surface area contributed by atoms with Crippen molar-refractivity contribution in [2.75, 3.05) is 6.54 Å². The molecule has 5 nitrogen and oxygen atoms in total. The number of hydrogen-bond acceptors (Lipinski definition) is 3. The SMILES string of the molecule is O=C(CCc1cc2n(n1)CCCNC2)N[C@H]1CCC[C@H]1Cc1ccc(F)cc1. The summed E-state index contributed by atoms with van der Waals surface area (Å²) in [7, 11) is 0. The van der Waals surface area contributed by atoms with Crippen LogP contribution in [0.1, 0.15) is 49.1 Å². The maximum absolute atomic E-state index is 13.1. The summed E-state index contributed by atoms with van der Waals surface area (Å²) in [5.74, 6) is 0.342. The van der Waals surface area contributed by atoms with Crippen molar-refractivity contribution >= 4 is 5.91 Å². The fourth-order valence-electron chi connectivity index (χ4n) is 4.46. The van der Waals surface area contributed by atoms with E-state index >= 15 is 0 Å². The number of carbonyl (C=O) groups is 1. The van der Waals surface area contributed by atoms with Crippen LogP contribution in [0.15, 0.2) is 30.3 Å². The Hall–Kier alpha value is -2.21. The van der Waals surface area contributed by atoms with Gasteiger partial charge in [-0.05, 0) is 61.9 Å². The Morgan fingerprint density at radius 3 is 2.96 bits per heavy atom. The molecule has 2 aromatic rings. The van der Waals surface area contributed by atoms with Crippen molar-refractivity contribution in [1.82, 2.24) is 20.4 Å². The molecule has 2 N–H and O–H groups in total. The Kier molecular flexibility index (Phi) is 6.05. The van der Waals surface area contributed by atoms with Gasteiger partial charge in [0.05, 0.1) is 11.4 Å². The highest BCUT2D eigenvalue weighted by molar-refractivity contribution is 5.76. The van der Waals surface area contributed by atoms with Crippen LogP contribution in [-0.4, -0.2) is 28.3 Å². The number of nitrogens with zero attached hydrogens (tertiary/aromatic N) is 2. The molecule has 0 spiro atoms. The van der Waals surface area contributed by atoms with Gasteiger partial charge in [0.25, 0.3) is 0 Å². The van der Waals surface area contributed by atoms with Crippen LogP contribution in [0.25, 0.3) is 0 Å². The van der Waals surface area contributed by atoms with Crippen molar-refractivity contribution < 1.29 is 9.18 Å². The van der Waals surface area contributed by atoms with Crippen LogP contribution in [0.2, 0.25) is 0 Å². The van der Waals surface area contributed by atoms with Crippen LogP contribution in [0.4, 0.5) is 4.39 Å². The summed E-state index contributed by atoms with van der Waals surface area (Å²) in [6.07, 6.45) is 6.42. The number of hydrogen-bond donors (Lipinski definition) is 2. The molecule has 0 radical (unpaired) electrons. The highest BCUT2D eigenvalue weighted by atomic mass is 19.1. The Morgan fingerprint density at radius 2 is 2.11 bits per heavy atom. The van der Waals surface area contributed by atoms with E-state index in [9.17, 15) is 9.18 Å². The van der Waals surface area contributed by atoms with E-state index in [0.717, 1.165) is 63.0 Å². The molecule has 0 bridgehead atoms. The molecule has 1 amide bonds. The molecule has 0 saturated heterocycles. The van der Waals surface area contributed by atoms with Gasteiger partial charge < -0.3 is 10.6 Å². The van der Waals surface area contributed by atoms with Gasteiger partial charge >= 0.3 is 0 Å². The highest BCUT2D eigenvalue weighted by Gasteiger charge is 2.28. The van der Waals surface area contributed by atoms with Gasteiger partial charge in [-0.25, -0.2) is 4.39 Å². The van der Waals surface area contributed by atoms with E-state index in [1.54, 1.807) is 0 Å². The summed E-state index contributed by atoms with van der Waals surface area (Å²) in [5, 5.41) is 11.3. The minimum atomic E-state index is -0.201. The Balaban J connectivity index is 1.27. The fraction of sp³-hybridized carbons (Fsp3) is 0.545. The smallest absolute Gasteiger partial charge is 0.220 e. The second-order valence-electron chi connectivity index (χ2n) is 8.08. The van der Waals surface area contributed by atoms with Crippen LogP contribution in [0.3, 0.4) is 0 Å². The fourth-order valence-corrected chi connectivity index (χ4v) is 4.46. The molecule has 4 rings (SSSR count). The van der Waals surface area contributed by atoms with E-state index in [-0.39, 0.29) is 17.8 Å². The number of rotatable bonds is 6. The maximum Gasteiger partial charge on any atom is 0.220 e. The van der Waals surface area contributed by atoms with Crippen LogP contribution in [0.5, 0.6) is 0 Å². The lowest BCUT2D eigenvalue weighted by atomic mass is 9.94. The lowest BCUT2D eigenvalue weighted by Gasteiger charge is -2.21. The molecule has 28 heavy (non-hydrogen) atoms. The highest BCUT2D eigenvalue weighted by Crippen LogP contribution is 2.29. The zero-order valence-corrected chi connectivity index (χ0v) is 16.3. The summed E-state index contributed by atoms with van der Waals surface area (Å²) in [4.78, 5) is 12.5. The Bertz CT molecular complexity index is 778. The topological polar surface area (TPSA) is 59.0 Å². The zero-order valence-electron chi connectivity index (χ0n) is 16.3. The van der Waals surface area contributed by atoms with E-state index in [1.165, 1.54) is 17.8 Å². The van der Waals surface area contributed by atoms with Gasteiger partial charge in [-0.2, -0.15) is 5.10 Å². The number of benzene rings is 1. The third kappa shape index (κ3) is 4.79. The number of aromatic nitrogens is 2. The molecule has 1 saturated carbocycles. The minimum absolute atomic E-state index is 0.109. The Morgan fingerprint density at radius 1 is 1.25 bits per heavy atom. The number of aryl methyl sites for hydroxylation is 2. The first-order valence-corrected chi connectivity index (χ1v) is 10.5. The lowest BCUT2D eigenvalue weighted by Crippen LogP contribution is -2.38. The summed E-state index contributed by atoms with van der Waals surface area (Å²) in [5.41, 5.74) is 3.35. The first-order valence-electron chi connectivity index (χ1n) is 10.5. The van der Waals surface area contributed by atoms with E-state index < -0.39 is 0 Å². The number of carbonyl (C=O) groups excluding carboxylic acids is 1. The van der Waals surface area contributed by atoms with Crippen molar-refractivity contribution in [3.63, 3.8) is 0 Å². The molecular formula is C22H29FN4O. The molecule has 1 fully saturated rings. The van der Waals surface area contributed by atoms with Gasteiger partial charge in [0.15, 0.2) is 0 Å². The van der Waals surface area contributed by atoms with Gasteiger partial charge in [-0.3, -0.25) is 9.48 Å². The quantitative estimate of drug-likeness (QED) is 0.805. The minimum Gasteiger partial charge on any atom is -0.353 e. The molecule has 2 aliphatic rings. The van der Waals surface area contributed by atoms with Gasteiger partial charge in [0, 0.05) is 32.0 Å². The van der Waals surface area contributed by atoms with Crippen LogP contribution in [-0.2, 0) is 30.7 Å². The average molecular weight is 384 g/mol. The zero-order chi connectivity index (χ0) is 19.3. The second kappa shape index (κ2) is 8.86. The van der Waals surface area contributed by atoms with Crippen molar-refractivity contribution in [1.29, 1.82) is 0 Å². The van der Waals surface area contributed by atoms with Gasteiger partial charge in [-0.15, -0.1) is 0 Å². The molecule has 150 valence electrons. The molecule has 2 atom stereocenters.